The smallest absolute Gasteiger partial charge is 0.255 e. The van der Waals surface area contributed by atoms with E-state index in [-0.39, 0.29) is 5.91 Å². The van der Waals surface area contributed by atoms with Crippen molar-refractivity contribution in [1.82, 2.24) is 14.8 Å². The number of carbonyl (C=O) groups excluding carboxylic acids is 1. The standard InChI is InChI=1S/C14H19N3O.C13H12.C2H6O.C2H6/c18-14(12-4-3-6-15-10-12)17-8-2-1-7-16-9-5-13(16)11-17;1-11-7-5-6-10-13(11)12-8-3-2-4-9-12;1-3-2;1-2/h3-4,6,10,13H,1-2,5,7-9,11H2;2-10H,1H3;1-2H3;1-2H3. The zero-order valence-corrected chi connectivity index (χ0v) is 22.7. The molecule has 0 aliphatic carbocycles. The number of hydrogen-bond acceptors (Lipinski definition) is 4. The third kappa shape index (κ3) is 8.89. The van der Waals surface area contributed by atoms with Crippen molar-refractivity contribution in [3.63, 3.8) is 0 Å². The average Bonchev–Trinajstić information content (AvgIpc) is 2.91. The lowest BCUT2D eigenvalue weighted by Gasteiger charge is -2.45. The number of rotatable bonds is 2. The minimum Gasteiger partial charge on any atom is -0.388 e. The third-order valence-corrected chi connectivity index (χ3v) is 6.25. The predicted octanol–water partition coefficient (Wildman–Crippen LogP) is 6.34. The zero-order chi connectivity index (χ0) is 26.2. The molecule has 0 bridgehead atoms. The number of nitrogens with zero attached hydrogens (tertiary/aromatic N) is 3. The number of aromatic nitrogens is 1. The van der Waals surface area contributed by atoms with Gasteiger partial charge in [0.05, 0.1) is 5.56 Å². The molecule has 1 amide bonds. The van der Waals surface area contributed by atoms with Crippen molar-refractivity contribution in [2.75, 3.05) is 40.4 Å². The maximum Gasteiger partial charge on any atom is 0.255 e. The Balaban J connectivity index is 0.000000223. The lowest BCUT2D eigenvalue weighted by molar-refractivity contribution is 0.0338. The highest BCUT2D eigenvalue weighted by atomic mass is 16.4. The average molecular weight is 490 g/mol. The summed E-state index contributed by atoms with van der Waals surface area (Å²) in [5.41, 5.74) is 4.65. The summed E-state index contributed by atoms with van der Waals surface area (Å²) >= 11 is 0. The minimum atomic E-state index is 0.136. The van der Waals surface area contributed by atoms with Crippen LogP contribution in [0.25, 0.3) is 11.1 Å². The van der Waals surface area contributed by atoms with Crippen LogP contribution in [0.2, 0.25) is 0 Å². The first-order chi connectivity index (χ1) is 17.6. The number of amides is 1. The molecule has 2 saturated heterocycles. The summed E-state index contributed by atoms with van der Waals surface area (Å²) in [4.78, 5) is 21.0. The van der Waals surface area contributed by atoms with E-state index in [0.717, 1.165) is 19.5 Å². The molecular formula is C31H43N3O2. The summed E-state index contributed by atoms with van der Waals surface area (Å²) in [6.07, 6.45) is 6.91. The second-order valence-corrected chi connectivity index (χ2v) is 8.77. The molecule has 5 heteroatoms. The number of pyridine rings is 1. The fourth-order valence-corrected chi connectivity index (χ4v) is 4.33. The molecule has 2 fully saturated rings. The molecule has 194 valence electrons. The SMILES string of the molecule is CC.COC.Cc1ccccc1-c1ccccc1.O=C(c1cccnc1)N1CCCCN2CCC2C1. The van der Waals surface area contributed by atoms with Crippen molar-refractivity contribution in [2.24, 2.45) is 0 Å². The van der Waals surface area contributed by atoms with Gasteiger partial charge in [0.1, 0.15) is 0 Å². The van der Waals surface area contributed by atoms with Crippen LogP contribution in [-0.2, 0) is 4.74 Å². The van der Waals surface area contributed by atoms with Gasteiger partial charge in [-0.3, -0.25) is 14.7 Å². The van der Waals surface area contributed by atoms with E-state index < -0.39 is 0 Å². The Hall–Kier alpha value is -3.02. The number of ether oxygens (including phenoxy) is 1. The number of methoxy groups -OCH3 is 1. The Morgan fingerprint density at radius 1 is 0.889 bits per heavy atom. The number of aryl methyl sites for hydroxylation is 1. The maximum atomic E-state index is 12.4. The van der Waals surface area contributed by atoms with E-state index in [1.54, 1.807) is 26.6 Å². The van der Waals surface area contributed by atoms with Gasteiger partial charge in [-0.1, -0.05) is 68.4 Å². The van der Waals surface area contributed by atoms with E-state index >= 15 is 0 Å². The molecule has 0 N–H and O–H groups in total. The van der Waals surface area contributed by atoms with Gasteiger partial charge in [-0.25, -0.2) is 0 Å². The van der Waals surface area contributed by atoms with E-state index in [1.807, 2.05) is 36.9 Å². The van der Waals surface area contributed by atoms with Crippen molar-refractivity contribution in [1.29, 1.82) is 0 Å². The normalized spacial score (nSPS) is 16.6. The van der Waals surface area contributed by atoms with Crippen molar-refractivity contribution in [3.8, 4) is 11.1 Å². The van der Waals surface area contributed by atoms with Crippen molar-refractivity contribution >= 4 is 5.91 Å². The molecule has 1 unspecified atom stereocenters. The molecule has 36 heavy (non-hydrogen) atoms. The van der Waals surface area contributed by atoms with Crippen LogP contribution in [0, 0.1) is 6.92 Å². The number of fused-ring (bicyclic) bond motifs is 1. The summed E-state index contributed by atoms with van der Waals surface area (Å²) in [7, 11) is 3.25. The molecule has 0 spiro atoms. The highest BCUT2D eigenvalue weighted by molar-refractivity contribution is 5.93. The van der Waals surface area contributed by atoms with Gasteiger partial charge in [-0.2, -0.15) is 0 Å². The van der Waals surface area contributed by atoms with Gasteiger partial charge in [0, 0.05) is 52.3 Å². The van der Waals surface area contributed by atoms with Gasteiger partial charge in [0.2, 0.25) is 0 Å². The van der Waals surface area contributed by atoms with E-state index in [4.69, 9.17) is 0 Å². The lowest BCUT2D eigenvalue weighted by atomic mass is 9.99. The van der Waals surface area contributed by atoms with Gasteiger partial charge < -0.3 is 9.64 Å². The molecule has 2 aliphatic heterocycles. The number of benzene rings is 2. The predicted molar refractivity (Wildman–Crippen MR) is 150 cm³/mol. The van der Waals surface area contributed by atoms with E-state index in [0.29, 0.717) is 11.6 Å². The van der Waals surface area contributed by atoms with Crippen LogP contribution >= 0.6 is 0 Å². The van der Waals surface area contributed by atoms with Crippen LogP contribution < -0.4 is 0 Å². The van der Waals surface area contributed by atoms with Crippen molar-refractivity contribution in [2.45, 2.75) is 46.1 Å². The zero-order valence-electron chi connectivity index (χ0n) is 22.7. The topological polar surface area (TPSA) is 45.7 Å². The maximum absolute atomic E-state index is 12.4. The summed E-state index contributed by atoms with van der Waals surface area (Å²) in [5.74, 6) is 0.136. The number of carbonyl (C=O) groups is 1. The minimum absolute atomic E-state index is 0.136. The van der Waals surface area contributed by atoms with Crippen LogP contribution in [0.1, 0.15) is 49.0 Å². The summed E-state index contributed by atoms with van der Waals surface area (Å²) in [6, 6.07) is 23.2. The van der Waals surface area contributed by atoms with Gasteiger partial charge in [-0.15, -0.1) is 0 Å². The molecule has 0 saturated carbocycles. The van der Waals surface area contributed by atoms with E-state index in [1.165, 1.54) is 42.6 Å². The van der Waals surface area contributed by atoms with E-state index in [2.05, 4.69) is 70.1 Å². The Kier molecular flexibility index (Phi) is 13.5. The summed E-state index contributed by atoms with van der Waals surface area (Å²) in [6.45, 7) is 10.3. The Morgan fingerprint density at radius 3 is 2.17 bits per heavy atom. The molecule has 0 radical (unpaired) electrons. The first kappa shape index (κ1) is 29.2. The number of hydrogen-bond donors (Lipinski definition) is 0. The monoisotopic (exact) mass is 489 g/mol. The van der Waals surface area contributed by atoms with Crippen LogP contribution in [0.15, 0.2) is 79.1 Å². The Labute approximate surface area is 218 Å². The lowest BCUT2D eigenvalue weighted by Crippen LogP contribution is -2.56. The fraction of sp³-hybridized carbons (Fsp3) is 0.419. The molecule has 5 rings (SSSR count). The third-order valence-electron chi connectivity index (χ3n) is 6.25. The van der Waals surface area contributed by atoms with Gasteiger partial charge >= 0.3 is 0 Å². The molecule has 1 atom stereocenters. The first-order valence-corrected chi connectivity index (χ1v) is 13.1. The highest BCUT2D eigenvalue weighted by Crippen LogP contribution is 2.23. The van der Waals surface area contributed by atoms with Crippen LogP contribution in [0.3, 0.4) is 0 Å². The molecule has 1 aromatic heterocycles. The molecule has 2 aromatic carbocycles. The fourth-order valence-electron chi connectivity index (χ4n) is 4.33. The van der Waals surface area contributed by atoms with Gasteiger partial charge in [0.15, 0.2) is 0 Å². The molecule has 3 heterocycles. The van der Waals surface area contributed by atoms with Crippen LogP contribution in [0.5, 0.6) is 0 Å². The molecule has 2 aliphatic rings. The quantitative estimate of drug-likeness (QED) is 0.421. The first-order valence-electron chi connectivity index (χ1n) is 13.1. The van der Waals surface area contributed by atoms with E-state index in [9.17, 15) is 4.79 Å². The van der Waals surface area contributed by atoms with Crippen molar-refractivity contribution < 1.29 is 9.53 Å². The molecular weight excluding hydrogens is 446 g/mol. The van der Waals surface area contributed by atoms with Gasteiger partial charge in [-0.05, 0) is 61.6 Å². The van der Waals surface area contributed by atoms with Crippen LogP contribution in [-0.4, -0.2) is 67.1 Å². The van der Waals surface area contributed by atoms with Crippen LogP contribution in [0.4, 0.5) is 0 Å². The van der Waals surface area contributed by atoms with Gasteiger partial charge in [0.25, 0.3) is 5.91 Å². The molecule has 5 nitrogen and oxygen atoms in total. The second-order valence-electron chi connectivity index (χ2n) is 8.77. The summed E-state index contributed by atoms with van der Waals surface area (Å²) in [5, 5.41) is 0. The Bertz CT molecular complexity index is 995. The molecule has 3 aromatic rings. The highest BCUT2D eigenvalue weighted by Gasteiger charge is 2.32. The summed E-state index contributed by atoms with van der Waals surface area (Å²) < 4.78 is 4.25. The Morgan fingerprint density at radius 2 is 1.56 bits per heavy atom. The second kappa shape index (κ2) is 16.6. The largest absolute Gasteiger partial charge is 0.388 e. The van der Waals surface area contributed by atoms with Crippen molar-refractivity contribution in [3.05, 3.63) is 90.3 Å².